The van der Waals surface area contributed by atoms with E-state index in [-0.39, 0.29) is 31.0 Å². The maximum Gasteiger partial charge on any atom is 0.272 e. The maximum atomic E-state index is 14.1. The van der Waals surface area contributed by atoms with Gasteiger partial charge in [-0.3, -0.25) is 9.79 Å². The van der Waals surface area contributed by atoms with Crippen LogP contribution in [0.15, 0.2) is 41.7 Å². The van der Waals surface area contributed by atoms with E-state index in [9.17, 15) is 18.0 Å². The molecule has 2 aliphatic rings. The number of fused-ring (bicyclic) bond motifs is 1. The summed E-state index contributed by atoms with van der Waals surface area (Å²) in [6, 6.07) is 6.06. The van der Waals surface area contributed by atoms with Crippen LogP contribution < -0.4 is 21.7 Å². The Morgan fingerprint density at radius 2 is 2.18 bits per heavy atom. The number of aliphatic imine (C=N–C) groups is 1. The Morgan fingerprint density at radius 3 is 2.88 bits per heavy atom. The summed E-state index contributed by atoms with van der Waals surface area (Å²) in [7, 11) is 1.58. The number of halogens is 3. The van der Waals surface area contributed by atoms with Crippen LogP contribution in [0.2, 0.25) is 0 Å². The number of hydrogen-bond acceptors (Lipinski definition) is 6. The zero-order valence-electron chi connectivity index (χ0n) is 18.0. The number of benzene rings is 1. The fraction of sp³-hybridized carbons (Fsp3) is 0.348. The van der Waals surface area contributed by atoms with Crippen molar-refractivity contribution < 1.29 is 18.0 Å². The van der Waals surface area contributed by atoms with Crippen LogP contribution in [0.5, 0.6) is 0 Å². The molecule has 1 fully saturated rings. The van der Waals surface area contributed by atoms with Gasteiger partial charge in [-0.05, 0) is 41.8 Å². The summed E-state index contributed by atoms with van der Waals surface area (Å²) in [5, 5.41) is 9.08. The minimum atomic E-state index is -2.66. The van der Waals surface area contributed by atoms with Crippen molar-refractivity contribution in [2.75, 3.05) is 17.7 Å². The summed E-state index contributed by atoms with van der Waals surface area (Å²) < 4.78 is 41.4. The van der Waals surface area contributed by atoms with E-state index in [0.29, 0.717) is 34.5 Å². The number of carbonyl (C=O) groups excluding carboxylic acids is 1. The molecule has 5 N–H and O–H groups in total. The Kier molecular flexibility index (Phi) is 6.26. The number of amides is 1. The van der Waals surface area contributed by atoms with E-state index in [2.05, 4.69) is 25.9 Å². The molecule has 10 heteroatoms. The lowest BCUT2D eigenvalue weighted by Crippen LogP contribution is -2.32. The molecule has 4 rings (SSSR count). The molecule has 1 saturated carbocycles. The predicted molar refractivity (Wildman–Crippen MR) is 122 cm³/mol. The molecular weight excluding hydrogens is 433 g/mol. The van der Waals surface area contributed by atoms with Gasteiger partial charge in [0.1, 0.15) is 5.82 Å². The van der Waals surface area contributed by atoms with Gasteiger partial charge in [-0.25, -0.2) is 18.2 Å². The molecule has 2 aromatic rings. The van der Waals surface area contributed by atoms with Crippen molar-refractivity contribution in [3.63, 3.8) is 0 Å². The third kappa shape index (κ3) is 4.94. The molecule has 33 heavy (non-hydrogen) atoms. The number of anilines is 2. The third-order valence-electron chi connectivity index (χ3n) is 5.88. The Bertz CT molecular complexity index is 1120. The van der Waals surface area contributed by atoms with Gasteiger partial charge in [-0.2, -0.15) is 0 Å². The highest BCUT2D eigenvalue weighted by atomic mass is 19.3. The van der Waals surface area contributed by atoms with Gasteiger partial charge in [0.05, 0.1) is 17.5 Å². The Labute approximate surface area is 189 Å². The largest absolute Gasteiger partial charge is 0.404 e. The van der Waals surface area contributed by atoms with Crippen molar-refractivity contribution in [1.82, 2.24) is 10.3 Å². The van der Waals surface area contributed by atoms with Crippen molar-refractivity contribution in [3.8, 4) is 0 Å². The first-order chi connectivity index (χ1) is 15.8. The topological polar surface area (TPSA) is 104 Å². The molecule has 0 radical (unpaired) electrons. The predicted octanol–water partition coefficient (Wildman–Crippen LogP) is 3.75. The number of rotatable bonds is 6. The first-order valence-corrected chi connectivity index (χ1v) is 10.6. The quantitative estimate of drug-likeness (QED) is 0.494. The highest BCUT2D eigenvalue weighted by Crippen LogP contribution is 2.44. The first-order valence-electron chi connectivity index (χ1n) is 10.6. The summed E-state index contributed by atoms with van der Waals surface area (Å²) in [5.41, 5.74) is 8.48. The van der Waals surface area contributed by atoms with Crippen molar-refractivity contribution in [3.05, 3.63) is 59.3 Å². The third-order valence-corrected chi connectivity index (χ3v) is 5.88. The van der Waals surface area contributed by atoms with Gasteiger partial charge in [-0.15, -0.1) is 0 Å². The molecule has 2 heterocycles. The number of pyridine rings is 1. The Balaban J connectivity index is 1.46. The normalized spacial score (nSPS) is 21.5. The molecule has 0 spiro atoms. The number of nitrogens with two attached hydrogens (primary N) is 1. The van der Waals surface area contributed by atoms with E-state index < -0.39 is 23.8 Å². The summed E-state index contributed by atoms with van der Waals surface area (Å²) in [5.74, 6) is -3.85. The van der Waals surface area contributed by atoms with Crippen LogP contribution in [0, 0.1) is 11.7 Å². The highest BCUT2D eigenvalue weighted by molar-refractivity contribution is 6.09. The molecule has 1 aromatic heterocycles. The summed E-state index contributed by atoms with van der Waals surface area (Å²) in [4.78, 5) is 20.9. The van der Waals surface area contributed by atoms with Crippen LogP contribution in [0.1, 0.15) is 40.9 Å². The van der Waals surface area contributed by atoms with E-state index in [0.717, 1.165) is 0 Å². The van der Waals surface area contributed by atoms with Gasteiger partial charge in [0.2, 0.25) is 5.92 Å². The Morgan fingerprint density at radius 1 is 1.36 bits per heavy atom. The Hall–Kier alpha value is -3.56. The van der Waals surface area contributed by atoms with Gasteiger partial charge >= 0.3 is 0 Å². The molecule has 7 nitrogen and oxygen atoms in total. The number of aromatic nitrogens is 1. The van der Waals surface area contributed by atoms with Crippen LogP contribution in [0.3, 0.4) is 0 Å². The number of hydrogen-bond donors (Lipinski definition) is 4. The van der Waals surface area contributed by atoms with Crippen LogP contribution >= 0.6 is 0 Å². The number of nitrogens with one attached hydrogen (secondary N) is 3. The van der Waals surface area contributed by atoms with Gasteiger partial charge in [0.25, 0.3) is 5.91 Å². The summed E-state index contributed by atoms with van der Waals surface area (Å²) in [6.07, 6.45) is 3.99. The second-order valence-corrected chi connectivity index (χ2v) is 8.25. The molecule has 2 atom stereocenters. The van der Waals surface area contributed by atoms with Crippen molar-refractivity contribution >= 4 is 29.1 Å². The molecule has 1 amide bonds. The van der Waals surface area contributed by atoms with Crippen LogP contribution in [0.4, 0.5) is 24.5 Å². The molecule has 1 aliphatic carbocycles. The van der Waals surface area contributed by atoms with Crippen LogP contribution in [-0.4, -0.2) is 36.2 Å². The van der Waals surface area contributed by atoms with Crippen molar-refractivity contribution in [2.45, 2.75) is 37.9 Å². The van der Waals surface area contributed by atoms with E-state index in [1.54, 1.807) is 19.2 Å². The van der Waals surface area contributed by atoms with E-state index >= 15 is 0 Å². The first kappa shape index (κ1) is 22.6. The lowest BCUT2D eigenvalue weighted by Gasteiger charge is -2.20. The van der Waals surface area contributed by atoms with Gasteiger partial charge in [-0.1, -0.05) is 0 Å². The second kappa shape index (κ2) is 9.13. The fourth-order valence-electron chi connectivity index (χ4n) is 4.30. The molecule has 1 aromatic carbocycles. The van der Waals surface area contributed by atoms with E-state index in [1.807, 2.05) is 0 Å². The van der Waals surface area contributed by atoms with Gasteiger partial charge in [0, 0.05) is 56.5 Å². The molecule has 0 saturated heterocycles. The summed E-state index contributed by atoms with van der Waals surface area (Å²) in [6.45, 7) is 0.0573. The average molecular weight is 458 g/mol. The average Bonchev–Trinajstić information content (AvgIpc) is 3.38. The summed E-state index contributed by atoms with van der Waals surface area (Å²) >= 11 is 0. The number of alkyl halides is 2. The molecule has 174 valence electrons. The van der Waals surface area contributed by atoms with Crippen LogP contribution in [0.25, 0.3) is 5.57 Å². The van der Waals surface area contributed by atoms with Gasteiger partial charge in [0.15, 0.2) is 5.69 Å². The molecule has 2 unspecified atom stereocenters. The smallest absolute Gasteiger partial charge is 0.272 e. The maximum absolute atomic E-state index is 14.1. The van der Waals surface area contributed by atoms with Gasteiger partial charge < -0.3 is 21.7 Å². The zero-order chi connectivity index (χ0) is 23.6. The minimum absolute atomic E-state index is 0.0573. The number of carbonyl (C=O) groups is 1. The fourth-order valence-corrected chi connectivity index (χ4v) is 4.30. The number of allylic oxidation sites excluding steroid dienone is 1. The molecule has 0 bridgehead atoms. The van der Waals surface area contributed by atoms with Crippen molar-refractivity contribution in [1.29, 1.82) is 0 Å². The molecular formula is C23H25F3N6O. The lowest BCUT2D eigenvalue weighted by molar-refractivity contribution is 0.00461. The molecule has 1 aliphatic heterocycles. The van der Waals surface area contributed by atoms with E-state index in [1.165, 1.54) is 30.7 Å². The number of nitrogens with zero attached hydrogens (tertiary/aromatic N) is 2. The van der Waals surface area contributed by atoms with Crippen LogP contribution in [-0.2, 0) is 6.54 Å². The highest BCUT2D eigenvalue weighted by Gasteiger charge is 2.44. The lowest BCUT2D eigenvalue weighted by atomic mass is 10.0. The SMILES string of the molecule is CN=CC(=CN)c1cc(F)cc(CNC(=O)c2nccc3c2NC(C2CCC(F)(F)C2)N3)c1. The standard InChI is InChI=1S/C23H25F3N6O/c1-28-12-16(10-27)15-6-13(7-17(24)8-15)11-30-22(33)20-19-18(3-5-29-20)31-21(32-19)14-2-4-23(25,26)9-14/h3,5-8,10,12,14,21,31-32H,2,4,9,11,27H2,1H3,(H,30,33). The monoisotopic (exact) mass is 458 g/mol. The van der Waals surface area contributed by atoms with E-state index in [4.69, 9.17) is 5.73 Å². The zero-order valence-corrected chi connectivity index (χ0v) is 18.0. The minimum Gasteiger partial charge on any atom is -0.404 e. The second-order valence-electron chi connectivity index (χ2n) is 8.25. The van der Waals surface area contributed by atoms with Crippen molar-refractivity contribution in [2.24, 2.45) is 16.6 Å².